The van der Waals surface area contributed by atoms with Gasteiger partial charge in [0.2, 0.25) is 0 Å². The van der Waals surface area contributed by atoms with Crippen molar-refractivity contribution >= 4 is 23.4 Å². The van der Waals surface area contributed by atoms with Crippen LogP contribution in [0.3, 0.4) is 0 Å². The first-order valence-corrected chi connectivity index (χ1v) is 6.89. The van der Waals surface area contributed by atoms with Crippen LogP contribution in [0.1, 0.15) is 26.3 Å². The number of benzene rings is 2. The smallest absolute Gasteiger partial charge is 0.267 e. The normalized spacial score (nSPS) is 13.2. The highest BCUT2D eigenvalue weighted by Gasteiger charge is 2.32. The van der Waals surface area contributed by atoms with E-state index in [1.807, 2.05) is 18.2 Å². The summed E-state index contributed by atoms with van der Waals surface area (Å²) >= 11 is 6.04. The average molecular weight is 301 g/mol. The van der Waals surface area contributed by atoms with E-state index in [4.69, 9.17) is 11.6 Å². The van der Waals surface area contributed by atoms with Crippen LogP contribution in [0.25, 0.3) is 0 Å². The summed E-state index contributed by atoms with van der Waals surface area (Å²) in [5.74, 6) is -0.477. The van der Waals surface area contributed by atoms with E-state index in [-0.39, 0.29) is 11.8 Å². The van der Waals surface area contributed by atoms with Gasteiger partial charge in [0.25, 0.3) is 11.8 Å². The third-order valence-corrected chi connectivity index (χ3v) is 3.89. The summed E-state index contributed by atoms with van der Waals surface area (Å²) in [6.07, 6.45) is 0. The molecule has 5 heteroatoms. The van der Waals surface area contributed by atoms with Crippen molar-refractivity contribution in [2.45, 2.75) is 6.54 Å². The number of carbonyl (C=O) groups excluding carboxylic acids is 2. The number of carbonyl (C=O) groups is 2. The first-order chi connectivity index (χ1) is 10.1. The van der Waals surface area contributed by atoms with Crippen molar-refractivity contribution in [1.82, 2.24) is 10.0 Å². The molecule has 0 radical (unpaired) electrons. The molecule has 0 aromatic heterocycles. The van der Waals surface area contributed by atoms with Gasteiger partial charge < -0.3 is 0 Å². The predicted molar refractivity (Wildman–Crippen MR) is 79.9 cm³/mol. The van der Waals surface area contributed by atoms with Gasteiger partial charge in [0.1, 0.15) is 0 Å². The minimum Gasteiger partial charge on any atom is -0.267 e. The number of halogens is 1. The molecule has 0 spiro atoms. The quantitative estimate of drug-likeness (QED) is 0.855. The van der Waals surface area contributed by atoms with Crippen molar-refractivity contribution < 1.29 is 9.59 Å². The molecule has 21 heavy (non-hydrogen) atoms. The molecule has 0 N–H and O–H groups in total. The predicted octanol–water partition coefficient (Wildman–Crippen LogP) is 2.98. The number of hydrogen-bond donors (Lipinski definition) is 0. The van der Waals surface area contributed by atoms with Crippen molar-refractivity contribution in [2.75, 3.05) is 7.05 Å². The molecule has 2 aromatic carbocycles. The zero-order chi connectivity index (χ0) is 15.0. The number of nitrogens with zero attached hydrogens (tertiary/aromatic N) is 2. The molecule has 0 saturated heterocycles. The Bertz CT molecular complexity index is 730. The molecule has 0 bridgehead atoms. The van der Waals surface area contributed by atoms with Crippen molar-refractivity contribution in [2.24, 2.45) is 0 Å². The van der Waals surface area contributed by atoms with Crippen LogP contribution in [0, 0.1) is 0 Å². The highest BCUT2D eigenvalue weighted by molar-refractivity contribution is 6.33. The Balaban J connectivity index is 1.88. The first-order valence-electron chi connectivity index (χ1n) is 6.52. The summed E-state index contributed by atoms with van der Waals surface area (Å²) in [6.45, 7) is 0.391. The Morgan fingerprint density at radius 1 is 1.14 bits per heavy atom. The first kappa shape index (κ1) is 13.6. The van der Waals surface area contributed by atoms with Gasteiger partial charge in [0.15, 0.2) is 0 Å². The van der Waals surface area contributed by atoms with Gasteiger partial charge in [0.05, 0.1) is 17.1 Å². The number of hydrazine groups is 1. The Kier molecular flexibility index (Phi) is 3.39. The SMILES string of the molecule is CN(C(=O)c1ccccc1Cl)N1Cc2ccccc2C1=O. The maximum absolute atomic E-state index is 12.5. The van der Waals surface area contributed by atoms with Gasteiger partial charge in [-0.15, -0.1) is 0 Å². The molecule has 1 aliphatic rings. The molecular formula is C16H13ClN2O2. The topological polar surface area (TPSA) is 40.6 Å². The molecule has 2 amide bonds. The second-order valence-electron chi connectivity index (χ2n) is 4.83. The molecule has 0 unspecified atom stereocenters. The fourth-order valence-corrected chi connectivity index (χ4v) is 2.62. The van der Waals surface area contributed by atoms with E-state index in [1.165, 1.54) is 10.0 Å². The van der Waals surface area contributed by atoms with Crippen LogP contribution in [0.4, 0.5) is 0 Å². The van der Waals surface area contributed by atoms with Crippen LogP contribution >= 0.6 is 11.6 Å². The van der Waals surface area contributed by atoms with E-state index in [9.17, 15) is 9.59 Å². The van der Waals surface area contributed by atoms with Gasteiger partial charge >= 0.3 is 0 Å². The molecule has 0 fully saturated rings. The van der Waals surface area contributed by atoms with E-state index in [0.29, 0.717) is 22.7 Å². The van der Waals surface area contributed by atoms with Gasteiger partial charge in [-0.25, -0.2) is 10.0 Å². The molecule has 0 atom stereocenters. The summed E-state index contributed by atoms with van der Waals surface area (Å²) in [7, 11) is 1.58. The fourth-order valence-electron chi connectivity index (χ4n) is 2.40. The fraction of sp³-hybridized carbons (Fsp3) is 0.125. The lowest BCUT2D eigenvalue weighted by Gasteiger charge is -2.28. The second-order valence-corrected chi connectivity index (χ2v) is 5.24. The van der Waals surface area contributed by atoms with Gasteiger partial charge in [-0.05, 0) is 23.8 Å². The molecule has 0 saturated carbocycles. The van der Waals surface area contributed by atoms with Crippen LogP contribution in [-0.4, -0.2) is 28.9 Å². The largest absolute Gasteiger partial charge is 0.273 e. The number of amides is 2. The van der Waals surface area contributed by atoms with E-state index in [1.54, 1.807) is 37.4 Å². The molecule has 4 nitrogen and oxygen atoms in total. The lowest BCUT2D eigenvalue weighted by atomic mass is 10.1. The van der Waals surface area contributed by atoms with Crippen molar-refractivity contribution in [1.29, 1.82) is 0 Å². The second kappa shape index (κ2) is 5.22. The maximum Gasteiger partial charge on any atom is 0.273 e. The van der Waals surface area contributed by atoms with Crippen molar-refractivity contribution in [3.05, 3.63) is 70.2 Å². The molecule has 1 aliphatic heterocycles. The molecule has 3 rings (SSSR count). The molecule has 106 valence electrons. The van der Waals surface area contributed by atoms with Gasteiger partial charge in [-0.2, -0.15) is 0 Å². The summed E-state index contributed by atoms with van der Waals surface area (Å²) in [6, 6.07) is 14.2. The van der Waals surface area contributed by atoms with Crippen molar-refractivity contribution in [3.8, 4) is 0 Å². The Labute approximate surface area is 127 Å². The maximum atomic E-state index is 12.5. The Morgan fingerprint density at radius 2 is 1.81 bits per heavy atom. The minimum absolute atomic E-state index is 0.173. The van der Waals surface area contributed by atoms with E-state index >= 15 is 0 Å². The van der Waals surface area contributed by atoms with Gasteiger partial charge in [-0.1, -0.05) is 41.9 Å². The van der Waals surface area contributed by atoms with E-state index in [2.05, 4.69) is 0 Å². The molecule has 2 aromatic rings. The molecule has 1 heterocycles. The lowest BCUT2D eigenvalue weighted by Crippen LogP contribution is -2.44. The van der Waals surface area contributed by atoms with Gasteiger partial charge in [-0.3, -0.25) is 9.59 Å². The monoisotopic (exact) mass is 300 g/mol. The number of rotatable bonds is 2. The average Bonchev–Trinajstić information content (AvgIpc) is 2.84. The van der Waals surface area contributed by atoms with Crippen LogP contribution in [0.2, 0.25) is 5.02 Å². The Morgan fingerprint density at radius 3 is 2.52 bits per heavy atom. The van der Waals surface area contributed by atoms with E-state index in [0.717, 1.165) is 5.56 Å². The summed E-state index contributed by atoms with van der Waals surface area (Å²) in [4.78, 5) is 24.9. The van der Waals surface area contributed by atoms with Crippen LogP contribution in [0.15, 0.2) is 48.5 Å². The van der Waals surface area contributed by atoms with Crippen molar-refractivity contribution in [3.63, 3.8) is 0 Å². The highest BCUT2D eigenvalue weighted by Crippen LogP contribution is 2.25. The summed E-state index contributed by atoms with van der Waals surface area (Å²) in [5, 5.41) is 3.12. The van der Waals surface area contributed by atoms with E-state index < -0.39 is 0 Å². The standard InChI is InChI=1S/C16H13ClN2O2/c1-18(15(20)13-8-4-5-9-14(13)17)19-10-11-6-2-3-7-12(11)16(19)21/h2-9H,10H2,1H3. The minimum atomic E-state index is -0.304. The summed E-state index contributed by atoms with van der Waals surface area (Å²) < 4.78 is 0. The lowest BCUT2D eigenvalue weighted by molar-refractivity contribution is 0.00912. The molecule has 0 aliphatic carbocycles. The third kappa shape index (κ3) is 2.28. The van der Waals surface area contributed by atoms with Crippen LogP contribution in [-0.2, 0) is 6.54 Å². The zero-order valence-corrected chi connectivity index (χ0v) is 12.2. The van der Waals surface area contributed by atoms with Crippen LogP contribution in [0.5, 0.6) is 0 Å². The third-order valence-electron chi connectivity index (χ3n) is 3.56. The summed E-state index contributed by atoms with van der Waals surface area (Å²) in [5.41, 5.74) is 1.93. The Hall–Kier alpha value is -2.33. The zero-order valence-electron chi connectivity index (χ0n) is 11.4. The molecular weight excluding hydrogens is 288 g/mol. The highest BCUT2D eigenvalue weighted by atomic mass is 35.5. The number of hydrogen-bond acceptors (Lipinski definition) is 2. The van der Waals surface area contributed by atoms with Crippen LogP contribution < -0.4 is 0 Å². The number of fused-ring (bicyclic) bond motifs is 1. The van der Waals surface area contributed by atoms with Gasteiger partial charge in [0, 0.05) is 12.6 Å².